The SMILES string of the molecule is C[C@H]1[C@H]([Si](C)(C)O)[C@@H](CC(=O)N(CCO)Cc2ccccc2)O[C@]12C(=O)N(Cc1ccc(N3CCCC3=O)cc1)c1ccc(N3CCCC3=O)cc12. The summed E-state index contributed by atoms with van der Waals surface area (Å²) in [5.41, 5.74) is 2.65. The van der Waals surface area contributed by atoms with Gasteiger partial charge in [-0.15, -0.1) is 0 Å². The highest BCUT2D eigenvalue weighted by molar-refractivity contribution is 6.71. The van der Waals surface area contributed by atoms with Gasteiger partial charge in [-0.1, -0.05) is 49.4 Å². The molecule has 0 unspecified atom stereocenters. The molecular formula is C40H48N4O7Si. The molecule has 52 heavy (non-hydrogen) atoms. The molecule has 3 aromatic carbocycles. The molecule has 4 aliphatic heterocycles. The van der Waals surface area contributed by atoms with E-state index in [-0.39, 0.29) is 49.7 Å². The Hall–Kier alpha value is -4.36. The molecule has 1 spiro atoms. The van der Waals surface area contributed by atoms with E-state index in [0.29, 0.717) is 49.4 Å². The Balaban J connectivity index is 1.24. The van der Waals surface area contributed by atoms with E-state index in [1.807, 2.05) is 92.8 Å². The van der Waals surface area contributed by atoms with Crippen molar-refractivity contribution in [2.75, 3.05) is 40.9 Å². The quantitative estimate of drug-likeness (QED) is 0.275. The van der Waals surface area contributed by atoms with Crippen LogP contribution in [0.3, 0.4) is 0 Å². The molecule has 7 rings (SSSR count). The van der Waals surface area contributed by atoms with Gasteiger partial charge in [0.05, 0.1) is 31.4 Å². The zero-order chi connectivity index (χ0) is 36.8. The van der Waals surface area contributed by atoms with E-state index in [1.165, 1.54) is 0 Å². The first kappa shape index (κ1) is 36.0. The lowest BCUT2D eigenvalue weighted by Gasteiger charge is -2.33. The van der Waals surface area contributed by atoms with E-state index < -0.39 is 31.5 Å². The second kappa shape index (κ2) is 14.2. The topological polar surface area (TPSA) is 131 Å². The third-order valence-corrected chi connectivity index (χ3v) is 13.8. The minimum Gasteiger partial charge on any atom is -0.432 e. The van der Waals surface area contributed by atoms with Gasteiger partial charge < -0.3 is 34.2 Å². The average Bonchev–Trinajstić information content (AvgIpc) is 3.87. The van der Waals surface area contributed by atoms with Gasteiger partial charge in [0.15, 0.2) is 13.9 Å². The lowest BCUT2D eigenvalue weighted by molar-refractivity contribution is -0.150. The van der Waals surface area contributed by atoms with Crippen molar-refractivity contribution in [1.82, 2.24) is 4.90 Å². The van der Waals surface area contributed by atoms with E-state index in [9.17, 15) is 24.3 Å². The molecule has 3 saturated heterocycles. The fourth-order valence-electron chi connectivity index (χ4n) is 8.91. The number of benzene rings is 3. The van der Waals surface area contributed by atoms with Crippen molar-refractivity contribution in [1.29, 1.82) is 0 Å². The molecular weight excluding hydrogens is 677 g/mol. The Bertz CT molecular complexity index is 1850. The summed E-state index contributed by atoms with van der Waals surface area (Å²) in [6.45, 7) is 7.36. The van der Waals surface area contributed by atoms with Crippen LogP contribution < -0.4 is 14.7 Å². The molecule has 0 radical (unpaired) electrons. The monoisotopic (exact) mass is 724 g/mol. The maximum atomic E-state index is 15.1. The molecule has 0 saturated carbocycles. The van der Waals surface area contributed by atoms with Gasteiger partial charge in [-0.3, -0.25) is 19.2 Å². The summed E-state index contributed by atoms with van der Waals surface area (Å²) in [5.74, 6) is -0.865. The first-order chi connectivity index (χ1) is 24.9. The molecule has 4 heterocycles. The minimum absolute atomic E-state index is 0.0276. The molecule has 3 aromatic rings. The van der Waals surface area contributed by atoms with Gasteiger partial charge >= 0.3 is 0 Å². The predicted molar refractivity (Wildman–Crippen MR) is 200 cm³/mol. The summed E-state index contributed by atoms with van der Waals surface area (Å²) >= 11 is 0. The number of ether oxygens (including phenoxy) is 1. The molecule has 4 aliphatic rings. The van der Waals surface area contributed by atoms with Gasteiger partial charge in [0.25, 0.3) is 5.91 Å². The second-order valence-electron chi connectivity index (χ2n) is 15.1. The number of anilines is 3. The standard InChI is InChI=1S/C40H48N4O7Si/c1-27-38(52(2,3)50)34(24-37(48)41(21-22-45)25-28-9-5-4-6-10-28)51-40(27)32-23-31(43-20-8-12-36(43)47)17-18-33(32)44(39(40)49)26-29-13-15-30(16-14-29)42-19-7-11-35(42)46/h4-6,9-10,13-18,23,27,34,38,45,50H,7-8,11-12,19-22,24-26H2,1-3H3/t27-,34+,38-,40+/m0/s1. The second-order valence-corrected chi connectivity index (χ2v) is 19.1. The van der Waals surface area contributed by atoms with Gasteiger partial charge in [0.1, 0.15) is 0 Å². The number of aliphatic hydroxyl groups excluding tert-OH is 1. The zero-order valence-electron chi connectivity index (χ0n) is 30.2. The number of fused-ring (bicyclic) bond motifs is 2. The number of aliphatic hydroxyl groups is 1. The first-order valence-corrected chi connectivity index (χ1v) is 21.4. The van der Waals surface area contributed by atoms with Crippen molar-refractivity contribution >= 4 is 49.0 Å². The Morgan fingerprint density at radius 2 is 1.54 bits per heavy atom. The molecule has 3 fully saturated rings. The molecule has 4 atom stereocenters. The van der Waals surface area contributed by atoms with Gasteiger partial charge in [0.2, 0.25) is 17.7 Å². The van der Waals surface area contributed by atoms with Crippen molar-refractivity contribution in [2.45, 2.75) is 82.5 Å². The van der Waals surface area contributed by atoms with E-state index in [4.69, 9.17) is 4.74 Å². The number of rotatable bonds is 11. The van der Waals surface area contributed by atoms with E-state index in [2.05, 4.69) is 0 Å². The minimum atomic E-state index is -3.07. The van der Waals surface area contributed by atoms with Crippen molar-refractivity contribution in [3.63, 3.8) is 0 Å². The van der Waals surface area contributed by atoms with Crippen LogP contribution in [0.5, 0.6) is 0 Å². The predicted octanol–water partition coefficient (Wildman–Crippen LogP) is 4.70. The number of amides is 4. The van der Waals surface area contributed by atoms with Crippen LogP contribution in [0.1, 0.15) is 55.7 Å². The van der Waals surface area contributed by atoms with Crippen molar-refractivity contribution in [3.8, 4) is 0 Å². The van der Waals surface area contributed by atoms with Crippen molar-refractivity contribution in [3.05, 3.63) is 89.5 Å². The molecule has 0 aliphatic carbocycles. The molecule has 274 valence electrons. The Kier molecular flexibility index (Phi) is 9.85. The van der Waals surface area contributed by atoms with Gasteiger partial charge in [-0.2, -0.15) is 0 Å². The Morgan fingerprint density at radius 3 is 2.13 bits per heavy atom. The highest BCUT2D eigenvalue weighted by Gasteiger charge is 2.66. The maximum absolute atomic E-state index is 15.1. The Morgan fingerprint density at radius 1 is 0.904 bits per heavy atom. The largest absolute Gasteiger partial charge is 0.432 e. The van der Waals surface area contributed by atoms with Gasteiger partial charge in [-0.25, -0.2) is 0 Å². The molecule has 12 heteroatoms. The summed E-state index contributed by atoms with van der Waals surface area (Å²) in [6, 6.07) is 22.9. The first-order valence-electron chi connectivity index (χ1n) is 18.4. The van der Waals surface area contributed by atoms with Crippen LogP contribution in [0.2, 0.25) is 18.6 Å². The average molecular weight is 725 g/mol. The van der Waals surface area contributed by atoms with Crippen LogP contribution in [-0.2, 0) is 42.6 Å². The number of carbonyl (C=O) groups is 4. The van der Waals surface area contributed by atoms with E-state index in [1.54, 1.807) is 19.6 Å². The number of hydrogen-bond acceptors (Lipinski definition) is 7. The molecule has 0 aromatic heterocycles. The number of carbonyl (C=O) groups excluding carboxylic acids is 4. The smallest absolute Gasteiger partial charge is 0.264 e. The zero-order valence-corrected chi connectivity index (χ0v) is 31.2. The van der Waals surface area contributed by atoms with Crippen LogP contribution in [0.25, 0.3) is 0 Å². The summed E-state index contributed by atoms with van der Waals surface area (Å²) in [5, 5.41) is 9.87. The van der Waals surface area contributed by atoms with Crippen LogP contribution >= 0.6 is 0 Å². The summed E-state index contributed by atoms with van der Waals surface area (Å²) in [4.78, 5) is 73.0. The fraction of sp³-hybridized carbons (Fsp3) is 0.450. The lowest BCUT2D eigenvalue weighted by Crippen LogP contribution is -2.46. The summed E-state index contributed by atoms with van der Waals surface area (Å²) < 4.78 is 6.99. The summed E-state index contributed by atoms with van der Waals surface area (Å²) in [7, 11) is -3.07. The molecule has 11 nitrogen and oxygen atoms in total. The highest BCUT2D eigenvalue weighted by Crippen LogP contribution is 2.60. The Labute approximate surface area is 305 Å². The third-order valence-electron chi connectivity index (χ3n) is 11.3. The van der Waals surface area contributed by atoms with Crippen molar-refractivity contribution < 1.29 is 33.8 Å². The normalized spacial score (nSPS) is 24.4. The lowest BCUT2D eigenvalue weighted by atomic mass is 9.82. The van der Waals surface area contributed by atoms with Gasteiger partial charge in [-0.05, 0) is 67.4 Å². The molecule has 2 N–H and O–H groups in total. The molecule has 4 amide bonds. The maximum Gasteiger partial charge on any atom is 0.264 e. The fourth-order valence-corrected chi connectivity index (χ4v) is 11.5. The van der Waals surface area contributed by atoms with Crippen LogP contribution in [0.4, 0.5) is 17.1 Å². The van der Waals surface area contributed by atoms with E-state index in [0.717, 1.165) is 29.7 Å². The number of nitrogens with zero attached hydrogens (tertiary/aromatic N) is 4. The summed E-state index contributed by atoms with van der Waals surface area (Å²) in [6.07, 6.45) is 1.75. The number of hydrogen-bond donors (Lipinski definition) is 2. The van der Waals surface area contributed by atoms with Gasteiger partial charge in [0, 0.05) is 67.4 Å². The van der Waals surface area contributed by atoms with Crippen LogP contribution in [0.15, 0.2) is 72.8 Å². The highest BCUT2D eigenvalue weighted by atomic mass is 28.4. The molecule has 0 bridgehead atoms. The van der Waals surface area contributed by atoms with Crippen LogP contribution in [-0.4, -0.2) is 79.1 Å². The van der Waals surface area contributed by atoms with Crippen LogP contribution in [0, 0.1) is 5.92 Å². The van der Waals surface area contributed by atoms with Crippen molar-refractivity contribution in [2.24, 2.45) is 5.92 Å². The third kappa shape index (κ3) is 6.46. The van der Waals surface area contributed by atoms with E-state index >= 15 is 4.79 Å².